The van der Waals surface area contributed by atoms with Crippen LogP contribution in [0.1, 0.15) is 12.5 Å². The van der Waals surface area contributed by atoms with Crippen molar-refractivity contribution in [3.05, 3.63) is 53.5 Å². The summed E-state index contributed by atoms with van der Waals surface area (Å²) >= 11 is 0. The molecular weight excluding hydrogens is 226 g/mol. The van der Waals surface area contributed by atoms with Crippen molar-refractivity contribution in [3.8, 4) is 0 Å². The lowest BCUT2D eigenvalue weighted by Gasteiger charge is -2.34. The molecule has 6 N–H and O–H groups in total. The Balaban J connectivity index is 2.16. The average Bonchev–Trinajstić information content (AvgIpc) is 2.83. The highest BCUT2D eigenvalue weighted by molar-refractivity contribution is 5.79. The van der Waals surface area contributed by atoms with Gasteiger partial charge in [-0.2, -0.15) is 5.10 Å². The average molecular weight is 241 g/mol. The molecular formula is C13H15N5. The fraction of sp³-hybridized carbons (Fsp3) is 0.154. The van der Waals surface area contributed by atoms with Gasteiger partial charge in [-0.3, -0.25) is 10.8 Å². The molecule has 5 heteroatoms. The van der Waals surface area contributed by atoms with Gasteiger partial charge in [0.2, 0.25) is 0 Å². The third-order valence-electron chi connectivity index (χ3n) is 3.39. The minimum absolute atomic E-state index is 0.632. The summed E-state index contributed by atoms with van der Waals surface area (Å²) in [4.78, 5) is 0. The van der Waals surface area contributed by atoms with E-state index in [0.29, 0.717) is 5.70 Å². The number of fused-ring (bicyclic) bond motifs is 1. The smallest absolute Gasteiger partial charge is 0.153 e. The van der Waals surface area contributed by atoms with E-state index >= 15 is 0 Å². The van der Waals surface area contributed by atoms with Crippen molar-refractivity contribution in [1.82, 2.24) is 15.5 Å². The fourth-order valence-corrected chi connectivity index (χ4v) is 2.20. The van der Waals surface area contributed by atoms with Gasteiger partial charge in [0.05, 0.1) is 17.4 Å². The highest BCUT2D eigenvalue weighted by Gasteiger charge is 2.32. The summed E-state index contributed by atoms with van der Waals surface area (Å²) in [5, 5.41) is 11.1. The summed E-state index contributed by atoms with van der Waals surface area (Å²) in [7, 11) is 0. The van der Waals surface area contributed by atoms with E-state index < -0.39 is 5.66 Å². The maximum Gasteiger partial charge on any atom is 0.153 e. The molecule has 0 bridgehead atoms. The number of nitrogens with one attached hydrogen (secondary N) is 2. The molecule has 0 saturated heterocycles. The van der Waals surface area contributed by atoms with Crippen molar-refractivity contribution >= 4 is 10.9 Å². The maximum absolute atomic E-state index is 6.40. The Morgan fingerprint density at radius 1 is 1.33 bits per heavy atom. The second-order valence-corrected chi connectivity index (χ2v) is 4.55. The summed E-state index contributed by atoms with van der Waals surface area (Å²) in [6, 6.07) is 5.90. The zero-order valence-corrected chi connectivity index (χ0v) is 10.1. The van der Waals surface area contributed by atoms with Gasteiger partial charge in [0.15, 0.2) is 5.66 Å². The van der Waals surface area contributed by atoms with Gasteiger partial charge in [0, 0.05) is 5.39 Å². The Morgan fingerprint density at radius 2 is 2.17 bits per heavy atom. The Hall–Kier alpha value is -2.27. The van der Waals surface area contributed by atoms with Gasteiger partial charge >= 0.3 is 0 Å². The van der Waals surface area contributed by atoms with Crippen molar-refractivity contribution in [1.29, 1.82) is 0 Å². The fourth-order valence-electron chi connectivity index (χ4n) is 2.20. The van der Waals surface area contributed by atoms with Crippen LogP contribution in [0.2, 0.25) is 0 Å². The molecule has 1 aliphatic heterocycles. The minimum Gasteiger partial charge on any atom is -0.398 e. The van der Waals surface area contributed by atoms with Gasteiger partial charge in [0.25, 0.3) is 0 Å². The summed E-state index contributed by atoms with van der Waals surface area (Å²) in [5.41, 5.74) is 15.2. The first-order chi connectivity index (χ1) is 8.61. The van der Waals surface area contributed by atoms with Gasteiger partial charge in [0.1, 0.15) is 0 Å². The Morgan fingerprint density at radius 3 is 3.00 bits per heavy atom. The van der Waals surface area contributed by atoms with Gasteiger partial charge in [-0.1, -0.05) is 6.07 Å². The van der Waals surface area contributed by atoms with Crippen LogP contribution in [0.4, 0.5) is 0 Å². The van der Waals surface area contributed by atoms with Crippen LogP contribution in [0.15, 0.2) is 47.9 Å². The number of H-pyrrole nitrogens is 1. The van der Waals surface area contributed by atoms with Gasteiger partial charge in [-0.15, -0.1) is 0 Å². The van der Waals surface area contributed by atoms with Crippen molar-refractivity contribution in [2.24, 2.45) is 11.5 Å². The van der Waals surface area contributed by atoms with Crippen LogP contribution in [0.3, 0.4) is 0 Å². The summed E-state index contributed by atoms with van der Waals surface area (Å²) in [6.07, 6.45) is 5.51. The van der Waals surface area contributed by atoms with Crippen LogP contribution in [0.5, 0.6) is 0 Å². The number of benzene rings is 1. The number of nitrogens with two attached hydrogens (primary N) is 2. The van der Waals surface area contributed by atoms with E-state index in [0.717, 1.165) is 22.0 Å². The number of aromatic nitrogens is 2. The van der Waals surface area contributed by atoms with Gasteiger partial charge in [-0.25, -0.2) is 0 Å². The normalized spacial score (nSPS) is 23.4. The van der Waals surface area contributed by atoms with E-state index in [1.807, 2.05) is 37.4 Å². The van der Waals surface area contributed by atoms with Gasteiger partial charge in [-0.05, 0) is 42.5 Å². The van der Waals surface area contributed by atoms with Crippen molar-refractivity contribution < 1.29 is 0 Å². The molecule has 0 spiro atoms. The van der Waals surface area contributed by atoms with Crippen LogP contribution in [-0.4, -0.2) is 10.2 Å². The predicted octanol–water partition coefficient (Wildman–Crippen LogP) is 1.02. The zero-order valence-electron chi connectivity index (χ0n) is 10.1. The third-order valence-corrected chi connectivity index (χ3v) is 3.39. The number of hydrogen-bond acceptors (Lipinski definition) is 4. The van der Waals surface area contributed by atoms with Crippen LogP contribution in [-0.2, 0) is 5.66 Å². The van der Waals surface area contributed by atoms with E-state index in [1.54, 1.807) is 6.20 Å². The number of dihydropyridines is 1. The van der Waals surface area contributed by atoms with Gasteiger partial charge < -0.3 is 11.1 Å². The monoisotopic (exact) mass is 241 g/mol. The molecule has 0 amide bonds. The van der Waals surface area contributed by atoms with E-state index in [1.165, 1.54) is 0 Å². The summed E-state index contributed by atoms with van der Waals surface area (Å²) in [6.45, 7) is 1.95. The lowest BCUT2D eigenvalue weighted by molar-refractivity contribution is 0.452. The second-order valence-electron chi connectivity index (χ2n) is 4.55. The molecule has 18 heavy (non-hydrogen) atoms. The first-order valence-corrected chi connectivity index (χ1v) is 5.75. The standard InChI is InChI=1S/C13H15N5/c1-8-4-5-16-13(15,12(8)14)10-2-3-11-9(6-10)7-17-18-11/h2-7,16H,14-15H2,1H3,(H,17,18). The van der Waals surface area contributed by atoms with Crippen molar-refractivity contribution in [3.63, 3.8) is 0 Å². The number of rotatable bonds is 1. The molecule has 2 heterocycles. The van der Waals surface area contributed by atoms with E-state index in [9.17, 15) is 0 Å². The molecule has 1 unspecified atom stereocenters. The molecule has 0 fully saturated rings. The number of allylic oxidation sites excluding steroid dienone is 2. The first kappa shape index (κ1) is 10.9. The molecule has 92 valence electrons. The van der Waals surface area contributed by atoms with Crippen LogP contribution in [0.25, 0.3) is 10.9 Å². The molecule has 0 saturated carbocycles. The Bertz CT molecular complexity index is 667. The summed E-state index contributed by atoms with van der Waals surface area (Å²) < 4.78 is 0. The molecule has 1 atom stereocenters. The second kappa shape index (κ2) is 3.61. The maximum atomic E-state index is 6.40. The topological polar surface area (TPSA) is 92.8 Å². The first-order valence-electron chi connectivity index (χ1n) is 5.75. The number of nitrogens with zero attached hydrogens (tertiary/aromatic N) is 1. The Kier molecular flexibility index (Phi) is 2.18. The zero-order chi connectivity index (χ0) is 12.8. The highest BCUT2D eigenvalue weighted by atomic mass is 15.1. The minimum atomic E-state index is -0.857. The molecule has 3 rings (SSSR count). The molecule has 0 radical (unpaired) electrons. The number of aromatic amines is 1. The predicted molar refractivity (Wildman–Crippen MR) is 71.1 cm³/mol. The molecule has 1 aromatic carbocycles. The van der Waals surface area contributed by atoms with Crippen molar-refractivity contribution in [2.45, 2.75) is 12.6 Å². The molecule has 2 aromatic rings. The van der Waals surface area contributed by atoms with Crippen molar-refractivity contribution in [2.75, 3.05) is 0 Å². The number of hydrogen-bond donors (Lipinski definition) is 4. The quantitative estimate of drug-likeness (QED) is 0.600. The molecule has 1 aromatic heterocycles. The largest absolute Gasteiger partial charge is 0.398 e. The lowest BCUT2D eigenvalue weighted by atomic mass is 9.91. The van der Waals surface area contributed by atoms with Crippen LogP contribution >= 0.6 is 0 Å². The van der Waals surface area contributed by atoms with Crippen LogP contribution < -0.4 is 16.8 Å². The van der Waals surface area contributed by atoms with E-state index in [-0.39, 0.29) is 0 Å². The lowest BCUT2D eigenvalue weighted by Crippen LogP contribution is -2.53. The third kappa shape index (κ3) is 1.41. The van der Waals surface area contributed by atoms with E-state index in [4.69, 9.17) is 11.5 Å². The molecule has 0 aliphatic carbocycles. The molecule has 5 nitrogen and oxygen atoms in total. The summed E-state index contributed by atoms with van der Waals surface area (Å²) in [5.74, 6) is 0. The van der Waals surface area contributed by atoms with E-state index in [2.05, 4.69) is 15.5 Å². The Labute approximate surface area is 105 Å². The van der Waals surface area contributed by atoms with Crippen LogP contribution in [0, 0.1) is 0 Å². The highest BCUT2D eigenvalue weighted by Crippen LogP contribution is 2.28. The SMILES string of the molecule is CC1=C(N)C(N)(c2ccc3[nH]ncc3c2)NC=C1. The molecule has 1 aliphatic rings.